The second-order valence-electron chi connectivity index (χ2n) is 11.7. The molecule has 7 rings (SSSR count). The maximum Gasteiger partial charge on any atom is 0.185 e. The normalized spacial score (nSPS) is 22.3. The molecular weight excluding hydrogens is 494 g/mol. The van der Waals surface area contributed by atoms with Gasteiger partial charge in [0.2, 0.25) is 0 Å². The van der Waals surface area contributed by atoms with Crippen LogP contribution < -0.4 is 21.7 Å². The molecule has 7 N–H and O–H groups in total. The molecule has 9 heteroatoms. The van der Waals surface area contributed by atoms with E-state index >= 15 is 0 Å². The van der Waals surface area contributed by atoms with Crippen molar-refractivity contribution in [3.8, 4) is 5.75 Å². The van der Waals surface area contributed by atoms with Gasteiger partial charge in [-0.15, -0.1) is 11.3 Å². The lowest BCUT2D eigenvalue weighted by Crippen LogP contribution is -2.65. The number of hydrogen-bond acceptors (Lipinski definition) is 8. The maximum absolute atomic E-state index is 10.2. The first kappa shape index (κ1) is 24.1. The van der Waals surface area contributed by atoms with Gasteiger partial charge in [0, 0.05) is 77.8 Å². The van der Waals surface area contributed by atoms with E-state index in [0.29, 0.717) is 28.4 Å². The number of aromatic nitrogens is 2. The van der Waals surface area contributed by atoms with Crippen LogP contribution in [0.5, 0.6) is 5.75 Å². The van der Waals surface area contributed by atoms with E-state index in [4.69, 9.17) is 16.5 Å². The molecule has 3 aromatic rings. The fourth-order valence-electron chi connectivity index (χ4n) is 6.95. The lowest BCUT2D eigenvalue weighted by atomic mass is 9.61. The molecule has 2 saturated heterocycles. The fourth-order valence-corrected chi connectivity index (χ4v) is 8.06. The minimum Gasteiger partial charge on any atom is -0.507 e. The molecule has 1 aliphatic carbocycles. The first-order valence-electron chi connectivity index (χ1n) is 13.9. The summed E-state index contributed by atoms with van der Waals surface area (Å²) in [5.74, 6) is 1.41. The number of anilines is 2. The van der Waals surface area contributed by atoms with Crippen molar-refractivity contribution in [3.05, 3.63) is 57.7 Å². The SMILES string of the molecule is N/C(=C\c1c(N)[nH]c2c1CN(c1ncc(C3CCN(C4CC5(CNC5)C4)CC3)s1)CC2)c1ccccc1O. The Labute approximate surface area is 227 Å². The van der Waals surface area contributed by atoms with Gasteiger partial charge in [-0.1, -0.05) is 12.1 Å². The summed E-state index contributed by atoms with van der Waals surface area (Å²) in [4.78, 5) is 14.8. The zero-order chi connectivity index (χ0) is 25.9. The number of likely N-dealkylation sites (tertiary alicyclic amines) is 1. The molecule has 1 aromatic carbocycles. The van der Waals surface area contributed by atoms with E-state index in [1.807, 2.05) is 29.5 Å². The van der Waals surface area contributed by atoms with E-state index in [1.165, 1.54) is 56.7 Å². The summed E-state index contributed by atoms with van der Waals surface area (Å²) in [6, 6.07) is 7.94. The third kappa shape index (κ3) is 4.17. The fraction of sp³-hybridized carbons (Fsp3) is 0.483. The van der Waals surface area contributed by atoms with Gasteiger partial charge in [-0.05, 0) is 68.3 Å². The van der Waals surface area contributed by atoms with Crippen molar-refractivity contribution in [1.29, 1.82) is 0 Å². The highest BCUT2D eigenvalue weighted by Gasteiger charge is 2.50. The molecule has 5 heterocycles. The van der Waals surface area contributed by atoms with Gasteiger partial charge < -0.3 is 36.7 Å². The minimum absolute atomic E-state index is 0.166. The van der Waals surface area contributed by atoms with Gasteiger partial charge in [-0.2, -0.15) is 0 Å². The Kier molecular flexibility index (Phi) is 5.90. The van der Waals surface area contributed by atoms with Crippen LogP contribution >= 0.6 is 11.3 Å². The summed E-state index contributed by atoms with van der Waals surface area (Å²) < 4.78 is 0. The van der Waals surface area contributed by atoms with Crippen molar-refractivity contribution >= 4 is 34.1 Å². The predicted octanol–water partition coefficient (Wildman–Crippen LogP) is 3.71. The van der Waals surface area contributed by atoms with Crippen LogP contribution in [0.3, 0.4) is 0 Å². The van der Waals surface area contributed by atoms with Crippen LogP contribution in [0.4, 0.5) is 10.9 Å². The largest absolute Gasteiger partial charge is 0.507 e. The number of nitrogens with two attached hydrogens (primary N) is 2. The number of phenolic OH excluding ortho intramolecular Hbond substituents is 1. The molecule has 0 atom stereocenters. The lowest BCUT2D eigenvalue weighted by molar-refractivity contribution is -0.0431. The highest BCUT2D eigenvalue weighted by atomic mass is 32.1. The zero-order valence-electron chi connectivity index (χ0n) is 21.7. The number of nitrogens with one attached hydrogen (secondary N) is 2. The molecule has 38 heavy (non-hydrogen) atoms. The van der Waals surface area contributed by atoms with Gasteiger partial charge in [0.15, 0.2) is 5.13 Å². The van der Waals surface area contributed by atoms with E-state index in [1.54, 1.807) is 12.1 Å². The van der Waals surface area contributed by atoms with Crippen LogP contribution in [0.1, 0.15) is 58.9 Å². The maximum atomic E-state index is 10.2. The van der Waals surface area contributed by atoms with E-state index in [-0.39, 0.29) is 5.75 Å². The van der Waals surface area contributed by atoms with Crippen LogP contribution in [-0.2, 0) is 13.0 Å². The van der Waals surface area contributed by atoms with Gasteiger partial charge in [-0.25, -0.2) is 4.98 Å². The Hall–Kier alpha value is -3.01. The Morgan fingerprint density at radius 2 is 1.95 bits per heavy atom. The van der Waals surface area contributed by atoms with Crippen LogP contribution in [0.25, 0.3) is 11.8 Å². The third-order valence-corrected chi connectivity index (χ3v) is 10.5. The van der Waals surface area contributed by atoms with Crippen LogP contribution in [0.2, 0.25) is 0 Å². The number of rotatable bonds is 5. The average Bonchev–Trinajstić information content (AvgIpc) is 3.48. The standard InChI is InChI=1S/C29H37N7OS/c30-23(20-3-1-2-4-25(20)37)11-21-22-15-36(10-7-24(22)34-27(21)31)28-33-14-26(38-28)18-5-8-35(9-6-18)19-12-29(13-19)16-32-17-29/h1-4,11,14,18-19,32,34,37H,5-10,12-13,15-17,30-31H2/b23-11-. The van der Waals surface area contributed by atoms with E-state index in [9.17, 15) is 5.11 Å². The molecule has 200 valence electrons. The highest BCUT2D eigenvalue weighted by Crippen LogP contribution is 2.48. The summed E-state index contributed by atoms with van der Waals surface area (Å²) in [6.45, 7) is 6.56. The molecule has 0 unspecified atom stereocenters. The second kappa shape index (κ2) is 9.32. The number of fused-ring (bicyclic) bond motifs is 1. The Bertz CT molecular complexity index is 1360. The van der Waals surface area contributed by atoms with E-state index in [0.717, 1.165) is 47.5 Å². The lowest BCUT2D eigenvalue weighted by Gasteiger charge is -2.58. The second-order valence-corrected chi connectivity index (χ2v) is 12.8. The highest BCUT2D eigenvalue weighted by molar-refractivity contribution is 7.15. The monoisotopic (exact) mass is 531 g/mol. The molecular formula is C29H37N7OS. The minimum atomic E-state index is 0.166. The molecule has 1 saturated carbocycles. The number of aromatic hydroxyl groups is 1. The molecule has 0 radical (unpaired) electrons. The van der Waals surface area contributed by atoms with Crippen molar-refractivity contribution in [2.24, 2.45) is 11.1 Å². The quantitative estimate of drug-likeness (QED) is 0.340. The van der Waals surface area contributed by atoms with Gasteiger partial charge in [0.25, 0.3) is 0 Å². The number of nitrogens with zero attached hydrogens (tertiary/aromatic N) is 3. The van der Waals surface area contributed by atoms with Crippen LogP contribution in [0, 0.1) is 5.41 Å². The zero-order valence-corrected chi connectivity index (χ0v) is 22.6. The summed E-state index contributed by atoms with van der Waals surface area (Å²) >= 11 is 1.86. The van der Waals surface area contributed by atoms with Crippen molar-refractivity contribution < 1.29 is 5.11 Å². The number of hydrogen-bond donors (Lipinski definition) is 5. The van der Waals surface area contributed by atoms with Crippen LogP contribution in [0.15, 0.2) is 30.5 Å². The third-order valence-electron chi connectivity index (χ3n) is 9.33. The first-order valence-corrected chi connectivity index (χ1v) is 14.7. The van der Waals surface area contributed by atoms with Gasteiger partial charge in [0.1, 0.15) is 11.6 Å². The number of phenols is 1. The number of benzene rings is 1. The summed E-state index contributed by atoms with van der Waals surface area (Å²) in [7, 11) is 0. The molecule has 1 spiro atoms. The molecule has 3 aliphatic heterocycles. The van der Waals surface area contributed by atoms with Crippen molar-refractivity contribution in [2.45, 2.75) is 50.6 Å². The van der Waals surface area contributed by atoms with Crippen molar-refractivity contribution in [1.82, 2.24) is 20.2 Å². The number of nitrogen functional groups attached to an aromatic ring is 1. The van der Waals surface area contributed by atoms with Gasteiger partial charge in [0.05, 0.1) is 0 Å². The van der Waals surface area contributed by atoms with Gasteiger partial charge >= 0.3 is 0 Å². The predicted molar refractivity (Wildman–Crippen MR) is 154 cm³/mol. The molecule has 0 bridgehead atoms. The number of piperidine rings is 1. The Morgan fingerprint density at radius 3 is 2.68 bits per heavy atom. The Morgan fingerprint density at radius 1 is 1.16 bits per heavy atom. The summed E-state index contributed by atoms with van der Waals surface area (Å²) in [5, 5.41) is 14.8. The number of para-hydroxylation sites is 1. The summed E-state index contributed by atoms with van der Waals surface area (Å²) in [6.07, 6.45) is 10.2. The molecule has 2 aromatic heterocycles. The average molecular weight is 532 g/mol. The number of aromatic amines is 1. The van der Waals surface area contributed by atoms with Crippen molar-refractivity contribution in [2.75, 3.05) is 43.4 Å². The van der Waals surface area contributed by atoms with Crippen molar-refractivity contribution in [3.63, 3.8) is 0 Å². The van der Waals surface area contributed by atoms with Crippen LogP contribution in [-0.4, -0.2) is 58.7 Å². The number of H-pyrrole nitrogens is 1. The number of thiazole rings is 1. The Balaban J connectivity index is 1.02. The van der Waals surface area contributed by atoms with E-state index < -0.39 is 0 Å². The molecule has 3 fully saturated rings. The summed E-state index contributed by atoms with van der Waals surface area (Å²) in [5.41, 5.74) is 17.8. The smallest absolute Gasteiger partial charge is 0.185 e. The van der Waals surface area contributed by atoms with Gasteiger partial charge in [-0.3, -0.25) is 0 Å². The topological polar surface area (TPSA) is 119 Å². The van der Waals surface area contributed by atoms with E-state index in [2.05, 4.69) is 26.3 Å². The molecule has 8 nitrogen and oxygen atoms in total. The molecule has 4 aliphatic rings. The first-order chi connectivity index (χ1) is 18.5. The molecule has 0 amide bonds.